The highest BCUT2D eigenvalue weighted by Crippen LogP contribution is 2.21. The third-order valence-corrected chi connectivity index (χ3v) is 4.01. The van der Waals surface area contributed by atoms with Gasteiger partial charge in [-0.2, -0.15) is 0 Å². The zero-order valence-corrected chi connectivity index (χ0v) is 14.7. The quantitative estimate of drug-likeness (QED) is 0.706. The number of aromatic nitrogens is 2. The minimum Gasteiger partial charge on any atom is -0.465 e. The molecule has 0 aliphatic heterocycles. The Bertz CT molecular complexity index is 940. The number of hydrogen-bond donors (Lipinski definition) is 1. The number of benzene rings is 1. The summed E-state index contributed by atoms with van der Waals surface area (Å²) in [6, 6.07) is 11.3. The average molecular weight is 354 g/mol. The molecule has 2 heterocycles. The van der Waals surface area contributed by atoms with Crippen LogP contribution < -0.4 is 0 Å². The van der Waals surface area contributed by atoms with E-state index < -0.39 is 11.9 Å². The molecule has 0 saturated heterocycles. The van der Waals surface area contributed by atoms with Gasteiger partial charge in [-0.25, -0.2) is 9.59 Å². The first kappa shape index (κ1) is 17.5. The molecule has 7 nitrogen and oxygen atoms in total. The topological polar surface area (TPSA) is 94.4 Å². The predicted octanol–water partition coefficient (Wildman–Crippen LogP) is 3.43. The van der Waals surface area contributed by atoms with Crippen molar-refractivity contribution in [2.75, 3.05) is 7.11 Å². The number of H-pyrrole nitrogens is 1. The minimum atomic E-state index is -0.585. The van der Waals surface area contributed by atoms with E-state index in [-0.39, 0.29) is 12.3 Å². The summed E-state index contributed by atoms with van der Waals surface area (Å²) < 4.78 is 15.2. The maximum Gasteiger partial charge on any atom is 0.355 e. The van der Waals surface area contributed by atoms with Gasteiger partial charge in [0.2, 0.25) is 0 Å². The van der Waals surface area contributed by atoms with Crippen LogP contribution in [0.4, 0.5) is 0 Å². The lowest BCUT2D eigenvalue weighted by Crippen LogP contribution is -2.08. The molecule has 0 aliphatic carbocycles. The molecule has 134 valence electrons. The second kappa shape index (κ2) is 7.26. The number of carbonyl (C=O) groups is 2. The fourth-order valence-electron chi connectivity index (χ4n) is 2.70. The molecule has 0 aliphatic rings. The molecule has 7 heteroatoms. The average Bonchev–Trinajstić information content (AvgIpc) is 3.24. The molecule has 0 fully saturated rings. The van der Waals surface area contributed by atoms with Crippen molar-refractivity contribution in [3.63, 3.8) is 0 Å². The van der Waals surface area contributed by atoms with E-state index in [9.17, 15) is 9.59 Å². The second-order valence-electron chi connectivity index (χ2n) is 5.74. The van der Waals surface area contributed by atoms with Gasteiger partial charge in [-0.3, -0.25) is 0 Å². The molecule has 1 N–H and O–H groups in total. The van der Waals surface area contributed by atoms with Crippen molar-refractivity contribution < 1.29 is 23.6 Å². The lowest BCUT2D eigenvalue weighted by Gasteiger charge is -2.02. The number of carbonyl (C=O) groups excluding carboxylic acids is 2. The normalized spacial score (nSPS) is 10.6. The standard InChI is InChI=1S/C19H18N2O5/c1-11-16(18(22)24-3)12(2)20-17(11)19(23)25-10-14-9-15(21-26-14)13-7-5-4-6-8-13/h4-9,20H,10H2,1-3H3. The van der Waals surface area contributed by atoms with E-state index in [1.165, 1.54) is 7.11 Å². The summed E-state index contributed by atoms with van der Waals surface area (Å²) in [6.45, 7) is 3.29. The largest absolute Gasteiger partial charge is 0.465 e. The molecule has 0 saturated carbocycles. The summed E-state index contributed by atoms with van der Waals surface area (Å²) in [5, 5.41) is 3.97. The molecule has 3 aromatic rings. The van der Waals surface area contributed by atoms with Gasteiger partial charge in [0, 0.05) is 17.3 Å². The molecule has 2 aromatic heterocycles. The predicted molar refractivity (Wildman–Crippen MR) is 92.7 cm³/mol. The highest BCUT2D eigenvalue weighted by molar-refractivity contribution is 5.98. The van der Waals surface area contributed by atoms with Crippen molar-refractivity contribution in [2.45, 2.75) is 20.5 Å². The zero-order valence-electron chi connectivity index (χ0n) is 14.7. The molecular weight excluding hydrogens is 336 g/mol. The molecule has 0 atom stereocenters. The zero-order chi connectivity index (χ0) is 18.7. The van der Waals surface area contributed by atoms with E-state index in [1.54, 1.807) is 19.9 Å². The highest BCUT2D eigenvalue weighted by atomic mass is 16.6. The van der Waals surface area contributed by atoms with Crippen LogP contribution in [-0.4, -0.2) is 29.2 Å². The van der Waals surface area contributed by atoms with Crippen LogP contribution in [0.25, 0.3) is 11.3 Å². The summed E-state index contributed by atoms with van der Waals surface area (Å²) >= 11 is 0. The fraction of sp³-hybridized carbons (Fsp3) is 0.211. The Kier molecular flexibility index (Phi) is 4.88. The highest BCUT2D eigenvalue weighted by Gasteiger charge is 2.23. The molecule has 0 amide bonds. The Morgan fingerprint density at radius 3 is 2.58 bits per heavy atom. The molecular formula is C19H18N2O5. The number of aromatic amines is 1. The third kappa shape index (κ3) is 3.37. The Morgan fingerprint density at radius 1 is 1.15 bits per heavy atom. The minimum absolute atomic E-state index is 0.0657. The van der Waals surface area contributed by atoms with Crippen molar-refractivity contribution in [1.82, 2.24) is 10.1 Å². The van der Waals surface area contributed by atoms with Crippen LogP contribution in [0.3, 0.4) is 0 Å². The van der Waals surface area contributed by atoms with Crippen LogP contribution >= 0.6 is 0 Å². The summed E-state index contributed by atoms with van der Waals surface area (Å²) in [4.78, 5) is 27.0. The maximum atomic E-state index is 12.3. The number of aryl methyl sites for hydroxylation is 1. The number of ether oxygens (including phenoxy) is 2. The van der Waals surface area contributed by atoms with Crippen molar-refractivity contribution in [3.05, 3.63) is 64.7 Å². The van der Waals surface area contributed by atoms with E-state index in [0.717, 1.165) is 5.56 Å². The van der Waals surface area contributed by atoms with Crippen LogP contribution in [0.1, 0.15) is 37.9 Å². The van der Waals surface area contributed by atoms with E-state index in [2.05, 4.69) is 10.1 Å². The first-order valence-electron chi connectivity index (χ1n) is 7.97. The SMILES string of the molecule is COC(=O)c1c(C)[nH]c(C(=O)OCc2cc(-c3ccccc3)no2)c1C. The van der Waals surface area contributed by atoms with Gasteiger partial charge in [-0.05, 0) is 19.4 Å². The van der Waals surface area contributed by atoms with Crippen LogP contribution in [0.15, 0.2) is 40.9 Å². The Hall–Kier alpha value is -3.35. The van der Waals surface area contributed by atoms with Crippen LogP contribution in [0.5, 0.6) is 0 Å². The number of esters is 2. The van der Waals surface area contributed by atoms with E-state index in [1.807, 2.05) is 30.3 Å². The van der Waals surface area contributed by atoms with E-state index in [0.29, 0.717) is 28.3 Å². The number of hydrogen-bond acceptors (Lipinski definition) is 6. The van der Waals surface area contributed by atoms with Crippen LogP contribution in [0, 0.1) is 13.8 Å². The second-order valence-corrected chi connectivity index (χ2v) is 5.74. The Balaban J connectivity index is 1.70. The molecule has 1 aromatic carbocycles. The smallest absolute Gasteiger partial charge is 0.355 e. The van der Waals surface area contributed by atoms with Crippen molar-refractivity contribution >= 4 is 11.9 Å². The number of methoxy groups -OCH3 is 1. The Labute approximate surface area is 149 Å². The summed E-state index contributed by atoms with van der Waals surface area (Å²) in [5.74, 6) is -0.664. The van der Waals surface area contributed by atoms with Gasteiger partial charge in [0.05, 0.1) is 12.7 Å². The van der Waals surface area contributed by atoms with Gasteiger partial charge >= 0.3 is 11.9 Å². The lowest BCUT2D eigenvalue weighted by molar-refractivity contribution is 0.0430. The van der Waals surface area contributed by atoms with Gasteiger partial charge in [0.15, 0.2) is 12.4 Å². The fourth-order valence-corrected chi connectivity index (χ4v) is 2.70. The van der Waals surface area contributed by atoms with Gasteiger partial charge in [-0.15, -0.1) is 0 Å². The molecule has 3 rings (SSSR count). The number of rotatable bonds is 5. The monoisotopic (exact) mass is 354 g/mol. The van der Waals surface area contributed by atoms with Crippen LogP contribution in [0.2, 0.25) is 0 Å². The summed E-state index contributed by atoms with van der Waals surface area (Å²) in [5.41, 5.74) is 3.16. The van der Waals surface area contributed by atoms with Gasteiger partial charge in [0.1, 0.15) is 11.4 Å². The molecule has 0 bridgehead atoms. The Morgan fingerprint density at radius 2 is 1.88 bits per heavy atom. The van der Waals surface area contributed by atoms with Crippen molar-refractivity contribution in [2.24, 2.45) is 0 Å². The third-order valence-electron chi connectivity index (χ3n) is 4.01. The van der Waals surface area contributed by atoms with Crippen molar-refractivity contribution in [3.8, 4) is 11.3 Å². The number of nitrogens with one attached hydrogen (secondary N) is 1. The molecule has 26 heavy (non-hydrogen) atoms. The van der Waals surface area contributed by atoms with Gasteiger partial charge in [-0.1, -0.05) is 35.5 Å². The first-order chi connectivity index (χ1) is 12.5. The van der Waals surface area contributed by atoms with Gasteiger partial charge in [0.25, 0.3) is 0 Å². The maximum absolute atomic E-state index is 12.3. The molecule has 0 unspecified atom stereocenters. The number of nitrogens with zero attached hydrogens (tertiary/aromatic N) is 1. The van der Waals surface area contributed by atoms with Crippen LogP contribution in [-0.2, 0) is 16.1 Å². The van der Waals surface area contributed by atoms with Crippen molar-refractivity contribution in [1.29, 1.82) is 0 Å². The lowest BCUT2D eigenvalue weighted by atomic mass is 10.1. The van der Waals surface area contributed by atoms with Gasteiger partial charge < -0.3 is 19.0 Å². The molecule has 0 radical (unpaired) electrons. The molecule has 0 spiro atoms. The summed E-state index contributed by atoms with van der Waals surface area (Å²) in [6.07, 6.45) is 0. The van der Waals surface area contributed by atoms with E-state index >= 15 is 0 Å². The first-order valence-corrected chi connectivity index (χ1v) is 7.97. The van der Waals surface area contributed by atoms with E-state index in [4.69, 9.17) is 14.0 Å². The summed E-state index contributed by atoms with van der Waals surface area (Å²) in [7, 11) is 1.29.